The molecule has 0 bridgehead atoms. The Kier molecular flexibility index (Phi) is 4.02. The molecule has 0 aromatic heterocycles. The van der Waals surface area contributed by atoms with Crippen LogP contribution in [-0.2, 0) is 11.2 Å². The Morgan fingerprint density at radius 1 is 1.47 bits per heavy atom. The molecule has 3 nitrogen and oxygen atoms in total. The van der Waals surface area contributed by atoms with Gasteiger partial charge in [-0.15, -0.1) is 0 Å². The number of anilines is 1. The zero-order chi connectivity index (χ0) is 12.3. The fourth-order valence-corrected chi connectivity index (χ4v) is 2.38. The first-order valence-electron chi connectivity index (χ1n) is 6.23. The van der Waals surface area contributed by atoms with Crippen molar-refractivity contribution in [3.8, 4) is 0 Å². The van der Waals surface area contributed by atoms with Gasteiger partial charge < -0.3 is 14.7 Å². The molecule has 3 heteroatoms. The van der Waals surface area contributed by atoms with Gasteiger partial charge in [0.15, 0.2) is 0 Å². The van der Waals surface area contributed by atoms with E-state index in [1.807, 2.05) is 6.07 Å². The van der Waals surface area contributed by atoms with E-state index in [9.17, 15) is 5.11 Å². The van der Waals surface area contributed by atoms with Gasteiger partial charge in [-0.25, -0.2) is 0 Å². The first-order valence-corrected chi connectivity index (χ1v) is 6.23. The fraction of sp³-hybridized carbons (Fsp3) is 0.571. The molecule has 0 saturated carbocycles. The number of fused-ring (bicyclic) bond motifs is 1. The quantitative estimate of drug-likeness (QED) is 0.794. The summed E-state index contributed by atoms with van der Waals surface area (Å²) in [5.74, 6) is 0. The van der Waals surface area contributed by atoms with E-state index in [1.165, 1.54) is 11.3 Å². The van der Waals surface area contributed by atoms with Crippen molar-refractivity contribution in [2.45, 2.75) is 25.4 Å². The third kappa shape index (κ3) is 2.79. The molecule has 0 aliphatic carbocycles. The summed E-state index contributed by atoms with van der Waals surface area (Å²) in [6, 6.07) is 6.31. The average Bonchev–Trinajstić information content (AvgIpc) is 2.71. The molecule has 94 valence electrons. The lowest BCUT2D eigenvalue weighted by Crippen LogP contribution is -2.12. The minimum atomic E-state index is -0.360. The lowest BCUT2D eigenvalue weighted by Gasteiger charge is -2.14. The Labute approximate surface area is 103 Å². The molecule has 1 N–H and O–H groups in total. The van der Waals surface area contributed by atoms with E-state index in [1.54, 1.807) is 7.11 Å². The van der Waals surface area contributed by atoms with E-state index < -0.39 is 0 Å². The van der Waals surface area contributed by atoms with Crippen LogP contribution in [0.3, 0.4) is 0 Å². The van der Waals surface area contributed by atoms with Crippen molar-refractivity contribution in [3.63, 3.8) is 0 Å². The van der Waals surface area contributed by atoms with Gasteiger partial charge >= 0.3 is 0 Å². The topological polar surface area (TPSA) is 32.7 Å². The summed E-state index contributed by atoms with van der Waals surface area (Å²) in [7, 11) is 3.80. The van der Waals surface area contributed by atoms with Crippen molar-refractivity contribution >= 4 is 5.69 Å². The van der Waals surface area contributed by atoms with E-state index in [4.69, 9.17) is 4.74 Å². The van der Waals surface area contributed by atoms with E-state index in [0.717, 1.165) is 31.4 Å². The lowest BCUT2D eigenvalue weighted by molar-refractivity contribution is 0.136. The number of benzene rings is 1. The second-order valence-electron chi connectivity index (χ2n) is 4.71. The molecule has 1 aromatic rings. The van der Waals surface area contributed by atoms with E-state index >= 15 is 0 Å². The first kappa shape index (κ1) is 12.4. The minimum Gasteiger partial charge on any atom is -0.388 e. The maximum absolute atomic E-state index is 10.1. The largest absolute Gasteiger partial charge is 0.388 e. The van der Waals surface area contributed by atoms with Gasteiger partial charge in [-0.05, 0) is 36.5 Å². The highest BCUT2D eigenvalue weighted by Gasteiger charge is 2.17. The van der Waals surface area contributed by atoms with Crippen LogP contribution in [0.4, 0.5) is 5.69 Å². The van der Waals surface area contributed by atoms with Crippen molar-refractivity contribution in [1.29, 1.82) is 0 Å². The van der Waals surface area contributed by atoms with Gasteiger partial charge in [0.05, 0.1) is 6.10 Å². The SMILES string of the molecule is COCCCC(O)c1ccc2c(c1)CCN2C. The van der Waals surface area contributed by atoms with Crippen LogP contribution in [-0.4, -0.2) is 32.4 Å². The van der Waals surface area contributed by atoms with Crippen LogP contribution in [0, 0.1) is 0 Å². The number of hydrogen-bond donors (Lipinski definition) is 1. The maximum atomic E-state index is 10.1. The van der Waals surface area contributed by atoms with Crippen molar-refractivity contribution in [1.82, 2.24) is 0 Å². The molecule has 0 saturated heterocycles. The van der Waals surface area contributed by atoms with Crippen LogP contribution in [0.1, 0.15) is 30.1 Å². The second-order valence-corrected chi connectivity index (χ2v) is 4.71. The van der Waals surface area contributed by atoms with Crippen LogP contribution >= 0.6 is 0 Å². The highest BCUT2D eigenvalue weighted by molar-refractivity contribution is 5.58. The number of nitrogens with zero attached hydrogens (tertiary/aromatic N) is 1. The summed E-state index contributed by atoms with van der Waals surface area (Å²) in [6.07, 6.45) is 2.39. The number of methoxy groups -OCH3 is 1. The number of hydrogen-bond acceptors (Lipinski definition) is 3. The first-order chi connectivity index (χ1) is 8.22. The van der Waals surface area contributed by atoms with E-state index in [0.29, 0.717) is 6.61 Å². The number of aliphatic hydroxyl groups excluding tert-OH is 1. The van der Waals surface area contributed by atoms with Crippen LogP contribution < -0.4 is 4.90 Å². The molecule has 17 heavy (non-hydrogen) atoms. The Morgan fingerprint density at radius 2 is 2.29 bits per heavy atom. The predicted molar refractivity (Wildman–Crippen MR) is 69.5 cm³/mol. The van der Waals surface area contributed by atoms with Gasteiger partial charge in [0.2, 0.25) is 0 Å². The van der Waals surface area contributed by atoms with Gasteiger partial charge in [-0.1, -0.05) is 12.1 Å². The molecule has 0 radical (unpaired) electrons. The Bertz CT molecular complexity index is 378. The molecule has 1 unspecified atom stereocenters. The molecule has 0 spiro atoms. The summed E-state index contributed by atoms with van der Waals surface area (Å²) in [5, 5.41) is 10.1. The van der Waals surface area contributed by atoms with Gasteiger partial charge in [0, 0.05) is 33.0 Å². The maximum Gasteiger partial charge on any atom is 0.0791 e. The molecule has 1 heterocycles. The Balaban J connectivity index is 2.02. The number of likely N-dealkylation sites (N-methyl/N-ethyl adjacent to an activating group) is 1. The average molecular weight is 235 g/mol. The van der Waals surface area contributed by atoms with Crippen LogP contribution in [0.25, 0.3) is 0 Å². The molecule has 1 aliphatic heterocycles. The minimum absolute atomic E-state index is 0.360. The summed E-state index contributed by atoms with van der Waals surface area (Å²) < 4.78 is 5.00. The normalized spacial score (nSPS) is 16.1. The molecule has 1 aliphatic rings. The fourth-order valence-electron chi connectivity index (χ4n) is 2.38. The Hall–Kier alpha value is -1.06. The molecule has 0 amide bonds. The second kappa shape index (κ2) is 5.52. The van der Waals surface area contributed by atoms with Gasteiger partial charge in [0.1, 0.15) is 0 Å². The molecule has 1 atom stereocenters. The summed E-state index contributed by atoms with van der Waals surface area (Å²) >= 11 is 0. The summed E-state index contributed by atoms with van der Waals surface area (Å²) in [6.45, 7) is 1.79. The number of rotatable bonds is 5. The zero-order valence-electron chi connectivity index (χ0n) is 10.6. The zero-order valence-corrected chi connectivity index (χ0v) is 10.6. The van der Waals surface area contributed by atoms with E-state index in [2.05, 4.69) is 24.1 Å². The summed E-state index contributed by atoms with van der Waals surface area (Å²) in [4.78, 5) is 2.26. The summed E-state index contributed by atoms with van der Waals surface area (Å²) in [5.41, 5.74) is 3.70. The third-order valence-corrected chi connectivity index (χ3v) is 3.44. The van der Waals surface area contributed by atoms with Crippen molar-refractivity contribution in [2.75, 3.05) is 32.2 Å². The smallest absolute Gasteiger partial charge is 0.0791 e. The van der Waals surface area contributed by atoms with E-state index in [-0.39, 0.29) is 6.10 Å². The molecular formula is C14H21NO2. The number of aliphatic hydroxyl groups is 1. The monoisotopic (exact) mass is 235 g/mol. The predicted octanol–water partition coefficient (Wildman–Crippen LogP) is 2.14. The van der Waals surface area contributed by atoms with Gasteiger partial charge in [0.25, 0.3) is 0 Å². The van der Waals surface area contributed by atoms with Crippen molar-refractivity contribution in [3.05, 3.63) is 29.3 Å². The van der Waals surface area contributed by atoms with Crippen LogP contribution in [0.15, 0.2) is 18.2 Å². The third-order valence-electron chi connectivity index (χ3n) is 3.44. The van der Waals surface area contributed by atoms with Crippen molar-refractivity contribution < 1.29 is 9.84 Å². The van der Waals surface area contributed by atoms with Crippen molar-refractivity contribution in [2.24, 2.45) is 0 Å². The van der Waals surface area contributed by atoms with Gasteiger partial charge in [-0.2, -0.15) is 0 Å². The highest BCUT2D eigenvalue weighted by atomic mass is 16.5. The number of ether oxygens (including phenoxy) is 1. The highest BCUT2D eigenvalue weighted by Crippen LogP contribution is 2.30. The van der Waals surface area contributed by atoms with Crippen LogP contribution in [0.5, 0.6) is 0 Å². The molecule has 1 aromatic carbocycles. The lowest BCUT2D eigenvalue weighted by atomic mass is 10.0. The Morgan fingerprint density at radius 3 is 3.06 bits per heavy atom. The molecular weight excluding hydrogens is 214 g/mol. The van der Waals surface area contributed by atoms with Gasteiger partial charge in [-0.3, -0.25) is 0 Å². The molecule has 2 rings (SSSR count). The molecule has 0 fully saturated rings. The van der Waals surface area contributed by atoms with Crippen LogP contribution in [0.2, 0.25) is 0 Å². The standard InChI is InChI=1S/C14H21NO2/c1-15-8-7-11-10-12(5-6-13(11)15)14(16)4-3-9-17-2/h5-6,10,14,16H,3-4,7-9H2,1-2H3.